The molecule has 0 aliphatic rings. The Morgan fingerprint density at radius 2 is 1.90 bits per heavy atom. The summed E-state index contributed by atoms with van der Waals surface area (Å²) in [5.74, 6) is 2.32. The Bertz CT molecular complexity index is 430. The zero-order valence-electron chi connectivity index (χ0n) is 12.9. The van der Waals surface area contributed by atoms with E-state index in [1.54, 1.807) is 11.8 Å². The third-order valence-electron chi connectivity index (χ3n) is 3.13. The normalized spacial score (nSPS) is 10.4. The standard InChI is InChI=1S/C16H25NO2S/c1-5-17(6-2)13-9-10-14(15(18)12-20-8-4)16(11-13)19-7-3/h9-11H,5-8,12H2,1-4H3. The van der Waals surface area contributed by atoms with Crippen molar-refractivity contribution in [3.05, 3.63) is 23.8 Å². The van der Waals surface area contributed by atoms with Gasteiger partial charge in [0.15, 0.2) is 5.78 Å². The van der Waals surface area contributed by atoms with Crippen LogP contribution >= 0.6 is 11.8 Å². The summed E-state index contributed by atoms with van der Waals surface area (Å²) >= 11 is 1.64. The van der Waals surface area contributed by atoms with E-state index in [4.69, 9.17) is 4.74 Å². The smallest absolute Gasteiger partial charge is 0.176 e. The van der Waals surface area contributed by atoms with E-state index in [-0.39, 0.29) is 5.78 Å². The summed E-state index contributed by atoms with van der Waals surface area (Å²) in [6.45, 7) is 10.7. The fraction of sp³-hybridized carbons (Fsp3) is 0.562. The van der Waals surface area contributed by atoms with Crippen molar-refractivity contribution in [2.75, 3.05) is 36.1 Å². The average molecular weight is 295 g/mol. The van der Waals surface area contributed by atoms with Crippen molar-refractivity contribution >= 4 is 23.2 Å². The van der Waals surface area contributed by atoms with E-state index < -0.39 is 0 Å². The van der Waals surface area contributed by atoms with E-state index in [2.05, 4.69) is 25.7 Å². The van der Waals surface area contributed by atoms with Crippen LogP contribution in [0.5, 0.6) is 5.75 Å². The Kier molecular flexibility index (Phi) is 7.52. The van der Waals surface area contributed by atoms with Crippen molar-refractivity contribution in [2.45, 2.75) is 27.7 Å². The quantitative estimate of drug-likeness (QED) is 0.647. The molecule has 20 heavy (non-hydrogen) atoms. The summed E-state index contributed by atoms with van der Waals surface area (Å²) in [5, 5.41) is 0. The number of hydrogen-bond acceptors (Lipinski definition) is 4. The number of ketones is 1. The minimum atomic E-state index is 0.145. The molecule has 0 amide bonds. The Morgan fingerprint density at radius 3 is 2.45 bits per heavy atom. The van der Waals surface area contributed by atoms with Gasteiger partial charge in [-0.05, 0) is 38.7 Å². The van der Waals surface area contributed by atoms with E-state index in [0.717, 1.165) is 24.5 Å². The molecule has 0 fully saturated rings. The van der Waals surface area contributed by atoms with Crippen LogP contribution in [-0.4, -0.2) is 37.0 Å². The molecule has 0 spiro atoms. The SMILES string of the molecule is CCOc1cc(N(CC)CC)ccc1C(=O)CSCC. The highest BCUT2D eigenvalue weighted by Gasteiger charge is 2.14. The first kappa shape index (κ1) is 16.9. The van der Waals surface area contributed by atoms with E-state index in [1.807, 2.05) is 25.1 Å². The van der Waals surface area contributed by atoms with Crippen molar-refractivity contribution in [3.8, 4) is 5.75 Å². The van der Waals surface area contributed by atoms with Gasteiger partial charge < -0.3 is 9.64 Å². The van der Waals surface area contributed by atoms with Crippen molar-refractivity contribution in [3.63, 3.8) is 0 Å². The van der Waals surface area contributed by atoms with Gasteiger partial charge in [0, 0.05) is 24.8 Å². The Hall–Kier alpha value is -1.16. The lowest BCUT2D eigenvalue weighted by atomic mass is 10.1. The summed E-state index contributed by atoms with van der Waals surface area (Å²) in [7, 11) is 0. The highest BCUT2D eigenvalue weighted by molar-refractivity contribution is 7.99. The maximum atomic E-state index is 12.2. The molecule has 0 atom stereocenters. The number of carbonyl (C=O) groups is 1. The number of ether oxygens (including phenoxy) is 1. The fourth-order valence-corrected chi connectivity index (χ4v) is 2.62. The molecule has 112 valence electrons. The second kappa shape index (κ2) is 8.90. The lowest BCUT2D eigenvalue weighted by molar-refractivity contribution is 0.101. The molecule has 1 rings (SSSR count). The van der Waals surface area contributed by atoms with Crippen molar-refractivity contribution < 1.29 is 9.53 Å². The number of nitrogens with zero attached hydrogens (tertiary/aromatic N) is 1. The number of rotatable bonds is 9. The van der Waals surface area contributed by atoms with Crippen LogP contribution in [0.3, 0.4) is 0 Å². The molecule has 0 unspecified atom stereocenters. The van der Waals surface area contributed by atoms with Gasteiger partial charge in [0.05, 0.1) is 17.9 Å². The van der Waals surface area contributed by atoms with Crippen LogP contribution in [0.15, 0.2) is 18.2 Å². The zero-order chi connectivity index (χ0) is 15.0. The number of carbonyl (C=O) groups excluding carboxylic acids is 1. The first-order chi connectivity index (χ1) is 9.67. The lowest BCUT2D eigenvalue weighted by Gasteiger charge is -2.22. The molecular weight excluding hydrogens is 270 g/mol. The third kappa shape index (κ3) is 4.44. The highest BCUT2D eigenvalue weighted by atomic mass is 32.2. The largest absolute Gasteiger partial charge is 0.493 e. The number of Topliss-reactive ketones (excluding diaryl/α,β-unsaturated/α-hetero) is 1. The van der Waals surface area contributed by atoms with Crippen LogP contribution in [0.2, 0.25) is 0 Å². The average Bonchev–Trinajstić information content (AvgIpc) is 2.46. The van der Waals surface area contributed by atoms with E-state index in [0.29, 0.717) is 23.7 Å². The second-order valence-electron chi connectivity index (χ2n) is 4.35. The predicted octanol–water partition coefficient (Wildman–Crippen LogP) is 3.87. The molecule has 0 aliphatic carbocycles. The Morgan fingerprint density at radius 1 is 1.20 bits per heavy atom. The molecule has 0 aliphatic heterocycles. The molecule has 3 nitrogen and oxygen atoms in total. The molecule has 1 aromatic rings. The van der Waals surface area contributed by atoms with Crippen LogP contribution in [0.25, 0.3) is 0 Å². The number of thioether (sulfide) groups is 1. The molecule has 0 heterocycles. The Labute approximate surface area is 126 Å². The predicted molar refractivity (Wildman–Crippen MR) is 88.5 cm³/mol. The third-order valence-corrected chi connectivity index (χ3v) is 4.01. The number of benzene rings is 1. The van der Waals surface area contributed by atoms with Gasteiger partial charge in [0.25, 0.3) is 0 Å². The van der Waals surface area contributed by atoms with Crippen LogP contribution in [0, 0.1) is 0 Å². The van der Waals surface area contributed by atoms with Gasteiger partial charge in [0.1, 0.15) is 5.75 Å². The minimum Gasteiger partial charge on any atom is -0.493 e. The number of hydrogen-bond donors (Lipinski definition) is 0. The fourth-order valence-electron chi connectivity index (χ4n) is 2.07. The molecule has 0 bridgehead atoms. The van der Waals surface area contributed by atoms with Crippen LogP contribution < -0.4 is 9.64 Å². The van der Waals surface area contributed by atoms with Crippen molar-refractivity contribution in [1.29, 1.82) is 0 Å². The first-order valence-corrected chi connectivity index (χ1v) is 8.46. The van der Waals surface area contributed by atoms with Gasteiger partial charge in [-0.2, -0.15) is 11.8 Å². The van der Waals surface area contributed by atoms with E-state index >= 15 is 0 Å². The van der Waals surface area contributed by atoms with Gasteiger partial charge in [-0.15, -0.1) is 0 Å². The van der Waals surface area contributed by atoms with Gasteiger partial charge >= 0.3 is 0 Å². The molecule has 0 saturated heterocycles. The molecule has 0 N–H and O–H groups in total. The van der Waals surface area contributed by atoms with Crippen molar-refractivity contribution in [2.24, 2.45) is 0 Å². The topological polar surface area (TPSA) is 29.5 Å². The maximum absolute atomic E-state index is 12.2. The maximum Gasteiger partial charge on any atom is 0.176 e. The summed E-state index contributed by atoms with van der Waals surface area (Å²) in [4.78, 5) is 14.5. The van der Waals surface area contributed by atoms with E-state index in [1.165, 1.54) is 0 Å². The summed E-state index contributed by atoms with van der Waals surface area (Å²) in [5.41, 5.74) is 1.81. The molecule has 1 aromatic carbocycles. The lowest BCUT2D eigenvalue weighted by Crippen LogP contribution is -2.22. The van der Waals surface area contributed by atoms with Gasteiger partial charge in [-0.25, -0.2) is 0 Å². The van der Waals surface area contributed by atoms with E-state index in [9.17, 15) is 4.79 Å². The first-order valence-electron chi connectivity index (χ1n) is 7.30. The summed E-state index contributed by atoms with van der Waals surface area (Å²) in [6, 6.07) is 5.90. The van der Waals surface area contributed by atoms with Crippen LogP contribution in [-0.2, 0) is 0 Å². The van der Waals surface area contributed by atoms with Crippen LogP contribution in [0.1, 0.15) is 38.1 Å². The highest BCUT2D eigenvalue weighted by Crippen LogP contribution is 2.27. The summed E-state index contributed by atoms with van der Waals surface area (Å²) < 4.78 is 5.66. The van der Waals surface area contributed by atoms with Crippen molar-refractivity contribution in [1.82, 2.24) is 0 Å². The summed E-state index contributed by atoms with van der Waals surface area (Å²) in [6.07, 6.45) is 0. The molecule has 4 heteroatoms. The monoisotopic (exact) mass is 295 g/mol. The minimum absolute atomic E-state index is 0.145. The van der Waals surface area contributed by atoms with Gasteiger partial charge in [-0.3, -0.25) is 4.79 Å². The molecular formula is C16H25NO2S. The number of anilines is 1. The molecule has 0 aromatic heterocycles. The van der Waals surface area contributed by atoms with Crippen LogP contribution in [0.4, 0.5) is 5.69 Å². The zero-order valence-corrected chi connectivity index (χ0v) is 13.8. The second-order valence-corrected chi connectivity index (χ2v) is 5.62. The Balaban J connectivity index is 3.03. The molecule has 0 radical (unpaired) electrons. The molecule has 0 saturated carbocycles. The van der Waals surface area contributed by atoms with Gasteiger partial charge in [-0.1, -0.05) is 6.92 Å². The van der Waals surface area contributed by atoms with Gasteiger partial charge in [0.2, 0.25) is 0 Å².